The van der Waals surface area contributed by atoms with Gasteiger partial charge in [0.2, 0.25) is 0 Å². The zero-order chi connectivity index (χ0) is 14.9. The van der Waals surface area contributed by atoms with Gasteiger partial charge in [-0.2, -0.15) is 5.10 Å². The number of halogens is 1. The number of nitrogens with zero attached hydrogens (tertiary/aromatic N) is 2. The second kappa shape index (κ2) is 5.97. The van der Waals surface area contributed by atoms with E-state index in [-0.39, 0.29) is 6.04 Å². The van der Waals surface area contributed by atoms with Crippen LogP contribution in [0.3, 0.4) is 0 Å². The molecule has 0 saturated carbocycles. The van der Waals surface area contributed by atoms with Crippen molar-refractivity contribution in [2.45, 2.75) is 33.4 Å². The van der Waals surface area contributed by atoms with Crippen LogP contribution in [0.15, 0.2) is 22.7 Å². The highest BCUT2D eigenvalue weighted by molar-refractivity contribution is 9.10. The first-order valence-corrected chi connectivity index (χ1v) is 7.36. The Hall–Kier alpha value is -1.33. The van der Waals surface area contributed by atoms with Crippen molar-refractivity contribution in [3.8, 4) is 5.75 Å². The third-order valence-corrected chi connectivity index (χ3v) is 4.32. The molecule has 5 heteroatoms. The number of ether oxygens (including phenoxy) is 1. The van der Waals surface area contributed by atoms with Crippen molar-refractivity contribution in [1.82, 2.24) is 9.78 Å². The minimum absolute atomic E-state index is 0.0534. The molecule has 1 aromatic heterocycles. The van der Waals surface area contributed by atoms with E-state index in [4.69, 9.17) is 10.5 Å². The molecule has 1 heterocycles. The molecule has 0 aliphatic rings. The highest BCUT2D eigenvalue weighted by Crippen LogP contribution is 2.27. The van der Waals surface area contributed by atoms with Crippen LogP contribution < -0.4 is 10.5 Å². The van der Waals surface area contributed by atoms with Gasteiger partial charge < -0.3 is 10.5 Å². The van der Waals surface area contributed by atoms with Crippen LogP contribution in [-0.2, 0) is 13.7 Å². The molecule has 1 unspecified atom stereocenters. The molecule has 2 N–H and O–H groups in total. The summed E-state index contributed by atoms with van der Waals surface area (Å²) in [7, 11) is 1.92. The molecule has 0 saturated heterocycles. The molecular weight excluding hydrogens is 318 g/mol. The van der Waals surface area contributed by atoms with Crippen LogP contribution >= 0.6 is 15.9 Å². The molecule has 0 aliphatic heterocycles. The molecule has 0 fully saturated rings. The Morgan fingerprint density at radius 2 is 2.10 bits per heavy atom. The van der Waals surface area contributed by atoms with Gasteiger partial charge in [-0.1, -0.05) is 12.1 Å². The van der Waals surface area contributed by atoms with Crippen molar-refractivity contribution < 1.29 is 4.74 Å². The second-order valence-electron chi connectivity index (χ2n) is 5.09. The SMILES string of the molecule is Cc1ccc(C(C)N)c(OCc2c(Br)c(C)nn2C)c1. The lowest BCUT2D eigenvalue weighted by molar-refractivity contribution is 0.289. The van der Waals surface area contributed by atoms with E-state index in [9.17, 15) is 0 Å². The topological polar surface area (TPSA) is 53.1 Å². The normalized spacial score (nSPS) is 12.5. The van der Waals surface area contributed by atoms with Gasteiger partial charge in [0.05, 0.1) is 15.9 Å². The number of benzene rings is 1. The zero-order valence-corrected chi connectivity index (χ0v) is 13.9. The molecule has 108 valence electrons. The largest absolute Gasteiger partial charge is 0.487 e. The summed E-state index contributed by atoms with van der Waals surface area (Å²) in [4.78, 5) is 0. The Labute approximate surface area is 128 Å². The number of rotatable bonds is 4. The monoisotopic (exact) mass is 337 g/mol. The van der Waals surface area contributed by atoms with Gasteiger partial charge in [0.1, 0.15) is 12.4 Å². The molecule has 0 bridgehead atoms. The van der Waals surface area contributed by atoms with Crippen LogP contribution in [0.2, 0.25) is 0 Å². The summed E-state index contributed by atoms with van der Waals surface area (Å²) >= 11 is 3.55. The Bertz CT molecular complexity index is 620. The molecule has 4 nitrogen and oxygen atoms in total. The first-order valence-electron chi connectivity index (χ1n) is 6.57. The van der Waals surface area contributed by atoms with E-state index in [1.807, 2.05) is 44.6 Å². The lowest BCUT2D eigenvalue weighted by Gasteiger charge is -2.15. The van der Waals surface area contributed by atoms with E-state index in [0.717, 1.165) is 32.7 Å². The number of aromatic nitrogens is 2. The minimum Gasteiger partial charge on any atom is -0.487 e. The van der Waals surface area contributed by atoms with Gasteiger partial charge in [0.25, 0.3) is 0 Å². The van der Waals surface area contributed by atoms with Crippen molar-refractivity contribution in [3.05, 3.63) is 45.2 Å². The summed E-state index contributed by atoms with van der Waals surface area (Å²) in [6, 6.07) is 6.05. The Morgan fingerprint density at radius 3 is 2.65 bits per heavy atom. The van der Waals surface area contributed by atoms with Crippen LogP contribution in [0.25, 0.3) is 0 Å². The summed E-state index contributed by atoms with van der Waals surface area (Å²) in [5.41, 5.74) is 10.1. The fourth-order valence-corrected chi connectivity index (χ4v) is 2.58. The maximum atomic E-state index is 5.99. The number of nitrogens with two attached hydrogens (primary N) is 1. The van der Waals surface area contributed by atoms with E-state index in [1.165, 1.54) is 0 Å². The van der Waals surface area contributed by atoms with E-state index in [2.05, 4.69) is 27.1 Å². The third-order valence-electron chi connectivity index (χ3n) is 3.29. The Morgan fingerprint density at radius 1 is 1.40 bits per heavy atom. The van der Waals surface area contributed by atoms with Gasteiger partial charge in [0.15, 0.2) is 0 Å². The fourth-order valence-electron chi connectivity index (χ4n) is 2.13. The summed E-state index contributed by atoms with van der Waals surface area (Å²) in [5, 5.41) is 4.36. The van der Waals surface area contributed by atoms with Crippen LogP contribution in [0.4, 0.5) is 0 Å². The van der Waals surface area contributed by atoms with Crippen molar-refractivity contribution in [3.63, 3.8) is 0 Å². The van der Waals surface area contributed by atoms with Crippen LogP contribution in [-0.4, -0.2) is 9.78 Å². The zero-order valence-electron chi connectivity index (χ0n) is 12.3. The third kappa shape index (κ3) is 3.04. The van der Waals surface area contributed by atoms with Gasteiger partial charge in [-0.05, 0) is 48.3 Å². The first kappa shape index (κ1) is 15.1. The standard InChI is InChI=1S/C15H20BrN3O/c1-9-5-6-12(10(2)17)14(7-9)20-8-13-15(16)11(3)18-19(13)4/h5-7,10H,8,17H2,1-4H3. The average Bonchev–Trinajstić information content (AvgIpc) is 2.61. The first-order chi connectivity index (χ1) is 9.40. The van der Waals surface area contributed by atoms with E-state index in [1.54, 1.807) is 0 Å². The minimum atomic E-state index is -0.0534. The van der Waals surface area contributed by atoms with Crippen molar-refractivity contribution >= 4 is 15.9 Å². The molecule has 20 heavy (non-hydrogen) atoms. The lowest BCUT2D eigenvalue weighted by atomic mass is 10.1. The smallest absolute Gasteiger partial charge is 0.131 e. The molecule has 0 aliphatic carbocycles. The average molecular weight is 338 g/mol. The highest BCUT2D eigenvalue weighted by Gasteiger charge is 2.13. The molecule has 0 amide bonds. The molecule has 1 atom stereocenters. The molecular formula is C15H20BrN3O. The summed E-state index contributed by atoms with van der Waals surface area (Å²) in [6.45, 7) is 6.43. The van der Waals surface area contributed by atoms with Crippen molar-refractivity contribution in [2.24, 2.45) is 12.8 Å². The van der Waals surface area contributed by atoms with Crippen LogP contribution in [0.5, 0.6) is 5.75 Å². The van der Waals surface area contributed by atoms with Gasteiger partial charge in [-0.3, -0.25) is 4.68 Å². The Kier molecular flexibility index (Phi) is 4.50. The van der Waals surface area contributed by atoms with Gasteiger partial charge in [-0.25, -0.2) is 0 Å². The molecule has 0 radical (unpaired) electrons. The van der Waals surface area contributed by atoms with Crippen LogP contribution in [0, 0.1) is 13.8 Å². The molecule has 1 aromatic carbocycles. The molecule has 2 rings (SSSR count). The summed E-state index contributed by atoms with van der Waals surface area (Å²) in [5.74, 6) is 0.839. The van der Waals surface area contributed by atoms with Crippen LogP contribution in [0.1, 0.15) is 35.5 Å². The van der Waals surface area contributed by atoms with E-state index in [0.29, 0.717) is 6.61 Å². The van der Waals surface area contributed by atoms with Crippen molar-refractivity contribution in [2.75, 3.05) is 0 Å². The van der Waals surface area contributed by atoms with Gasteiger partial charge in [-0.15, -0.1) is 0 Å². The van der Waals surface area contributed by atoms with E-state index >= 15 is 0 Å². The number of hydrogen-bond donors (Lipinski definition) is 1. The van der Waals surface area contributed by atoms with Gasteiger partial charge >= 0.3 is 0 Å². The quantitative estimate of drug-likeness (QED) is 0.930. The van der Waals surface area contributed by atoms with Gasteiger partial charge in [0, 0.05) is 18.7 Å². The highest BCUT2D eigenvalue weighted by atomic mass is 79.9. The predicted octanol–water partition coefficient (Wildman–Crippen LogP) is 3.40. The lowest BCUT2D eigenvalue weighted by Crippen LogP contribution is -2.09. The maximum Gasteiger partial charge on any atom is 0.131 e. The predicted molar refractivity (Wildman–Crippen MR) is 83.8 cm³/mol. The Balaban J connectivity index is 2.24. The summed E-state index contributed by atoms with van der Waals surface area (Å²) in [6.07, 6.45) is 0. The second-order valence-corrected chi connectivity index (χ2v) is 5.88. The maximum absolute atomic E-state index is 5.99. The number of aryl methyl sites for hydroxylation is 3. The fraction of sp³-hybridized carbons (Fsp3) is 0.400. The van der Waals surface area contributed by atoms with E-state index < -0.39 is 0 Å². The summed E-state index contributed by atoms with van der Waals surface area (Å²) < 4.78 is 8.80. The van der Waals surface area contributed by atoms with Crippen molar-refractivity contribution in [1.29, 1.82) is 0 Å². The molecule has 2 aromatic rings. The number of hydrogen-bond acceptors (Lipinski definition) is 3. The molecule has 0 spiro atoms.